The van der Waals surface area contributed by atoms with Crippen LogP contribution in [-0.2, 0) is 15.4 Å². The highest BCUT2D eigenvalue weighted by atomic mass is 16.8. The van der Waals surface area contributed by atoms with E-state index in [1.54, 1.807) is 30.3 Å². The smallest absolute Gasteiger partial charge is 0.287 e. The third-order valence-corrected chi connectivity index (χ3v) is 2.26. The normalized spacial score (nSPS) is 19.7. The molecule has 1 heterocycles. The summed E-state index contributed by atoms with van der Waals surface area (Å²) in [5.41, 5.74) is 0.426. The minimum Gasteiger partial charge on any atom is -0.287 e. The summed E-state index contributed by atoms with van der Waals surface area (Å²) < 4.78 is 10.4. The molecule has 80 valence electrons. The number of hydrogen-bond acceptors (Lipinski definition) is 4. The standard InChI is InChI=1S/C10H11NO4/c12-11(13)10(14-7-4-8-15-10)9-5-2-1-3-6-9/h1-3,5-6H,4,7-8H2. The lowest BCUT2D eigenvalue weighted by Crippen LogP contribution is -2.44. The third-order valence-electron chi connectivity index (χ3n) is 2.26. The maximum absolute atomic E-state index is 11.0. The van der Waals surface area contributed by atoms with Gasteiger partial charge in [-0.2, -0.15) is 0 Å². The van der Waals surface area contributed by atoms with E-state index < -0.39 is 10.8 Å². The highest BCUT2D eigenvalue weighted by molar-refractivity contribution is 5.18. The molecule has 0 amide bonds. The number of nitro groups is 1. The van der Waals surface area contributed by atoms with Crippen LogP contribution in [0.3, 0.4) is 0 Å². The van der Waals surface area contributed by atoms with E-state index in [4.69, 9.17) is 9.47 Å². The van der Waals surface area contributed by atoms with E-state index in [0.29, 0.717) is 25.2 Å². The van der Waals surface area contributed by atoms with Crippen LogP contribution in [0.5, 0.6) is 0 Å². The van der Waals surface area contributed by atoms with Gasteiger partial charge in [0.2, 0.25) is 0 Å². The minimum absolute atomic E-state index is 0.343. The maximum atomic E-state index is 11.0. The van der Waals surface area contributed by atoms with Crippen molar-refractivity contribution in [3.63, 3.8) is 0 Å². The van der Waals surface area contributed by atoms with E-state index in [2.05, 4.69) is 0 Å². The zero-order valence-corrected chi connectivity index (χ0v) is 8.09. The first-order valence-electron chi connectivity index (χ1n) is 4.74. The Morgan fingerprint density at radius 3 is 2.33 bits per heavy atom. The van der Waals surface area contributed by atoms with Crippen molar-refractivity contribution < 1.29 is 14.4 Å². The van der Waals surface area contributed by atoms with Gasteiger partial charge in [-0.1, -0.05) is 18.2 Å². The van der Waals surface area contributed by atoms with Crippen LogP contribution in [0.1, 0.15) is 12.0 Å². The second-order valence-corrected chi connectivity index (χ2v) is 3.26. The van der Waals surface area contributed by atoms with Gasteiger partial charge in [-0.25, -0.2) is 0 Å². The van der Waals surface area contributed by atoms with Crippen molar-refractivity contribution in [1.29, 1.82) is 0 Å². The van der Waals surface area contributed by atoms with Gasteiger partial charge < -0.3 is 0 Å². The van der Waals surface area contributed by atoms with E-state index in [-0.39, 0.29) is 0 Å². The van der Waals surface area contributed by atoms with Gasteiger partial charge in [0.05, 0.1) is 23.7 Å². The van der Waals surface area contributed by atoms with Gasteiger partial charge in [-0.3, -0.25) is 19.6 Å². The fourth-order valence-corrected chi connectivity index (χ4v) is 1.55. The molecular weight excluding hydrogens is 198 g/mol. The van der Waals surface area contributed by atoms with Gasteiger partial charge in [0.25, 0.3) is 0 Å². The summed E-state index contributed by atoms with van der Waals surface area (Å²) in [5, 5.41) is 11.0. The lowest BCUT2D eigenvalue weighted by molar-refractivity contribution is -0.712. The minimum atomic E-state index is -1.81. The van der Waals surface area contributed by atoms with Gasteiger partial charge in [0.1, 0.15) is 0 Å². The molecule has 0 radical (unpaired) electrons. The van der Waals surface area contributed by atoms with Crippen LogP contribution in [0, 0.1) is 10.1 Å². The second kappa shape index (κ2) is 3.96. The largest absolute Gasteiger partial charge is 0.470 e. The van der Waals surface area contributed by atoms with Crippen LogP contribution in [0.15, 0.2) is 30.3 Å². The summed E-state index contributed by atoms with van der Waals surface area (Å²) in [5.74, 6) is -1.81. The molecule has 0 N–H and O–H groups in total. The molecule has 0 unspecified atom stereocenters. The Kier molecular flexibility index (Phi) is 2.66. The van der Waals surface area contributed by atoms with Gasteiger partial charge in [0, 0.05) is 0 Å². The van der Waals surface area contributed by atoms with E-state index in [0.717, 1.165) is 0 Å². The Hall–Kier alpha value is -1.46. The van der Waals surface area contributed by atoms with Crippen molar-refractivity contribution in [2.75, 3.05) is 13.2 Å². The maximum Gasteiger partial charge on any atom is 0.470 e. The SMILES string of the molecule is O=[N+]([O-])C1(c2ccccc2)OCCCO1. The Balaban J connectivity index is 2.38. The van der Waals surface area contributed by atoms with E-state index in [9.17, 15) is 10.1 Å². The van der Waals surface area contributed by atoms with Gasteiger partial charge in [-0.15, -0.1) is 0 Å². The molecule has 1 saturated heterocycles. The summed E-state index contributed by atoms with van der Waals surface area (Å²) in [6, 6.07) is 8.51. The molecule has 1 fully saturated rings. The molecule has 0 atom stereocenters. The third kappa shape index (κ3) is 1.71. The lowest BCUT2D eigenvalue weighted by Gasteiger charge is -2.28. The molecule has 5 nitrogen and oxygen atoms in total. The number of ether oxygens (including phenoxy) is 2. The highest BCUT2D eigenvalue weighted by Gasteiger charge is 2.50. The van der Waals surface area contributed by atoms with Crippen LogP contribution in [-0.4, -0.2) is 18.1 Å². The summed E-state index contributed by atoms with van der Waals surface area (Å²) in [6.45, 7) is 0.686. The molecule has 0 aromatic heterocycles. The number of rotatable bonds is 2. The van der Waals surface area contributed by atoms with Crippen molar-refractivity contribution in [1.82, 2.24) is 0 Å². The summed E-state index contributed by atoms with van der Waals surface area (Å²) in [4.78, 5) is 10.5. The number of hydrogen-bond donors (Lipinski definition) is 0. The Morgan fingerprint density at radius 2 is 1.80 bits per heavy atom. The van der Waals surface area contributed by atoms with E-state index >= 15 is 0 Å². The Bertz CT molecular complexity index is 346. The average Bonchev–Trinajstić information content (AvgIpc) is 2.31. The van der Waals surface area contributed by atoms with Crippen molar-refractivity contribution in [3.8, 4) is 0 Å². The predicted molar refractivity (Wildman–Crippen MR) is 51.6 cm³/mol. The molecule has 1 aliphatic heterocycles. The molecule has 0 spiro atoms. The molecular formula is C10H11NO4. The average molecular weight is 209 g/mol. The second-order valence-electron chi connectivity index (χ2n) is 3.26. The van der Waals surface area contributed by atoms with Crippen molar-refractivity contribution in [3.05, 3.63) is 46.0 Å². The molecule has 0 aliphatic carbocycles. The first-order valence-corrected chi connectivity index (χ1v) is 4.74. The van der Waals surface area contributed by atoms with Crippen LogP contribution in [0.4, 0.5) is 0 Å². The van der Waals surface area contributed by atoms with Crippen LogP contribution in [0.25, 0.3) is 0 Å². The highest BCUT2D eigenvalue weighted by Crippen LogP contribution is 2.30. The molecule has 1 aromatic carbocycles. The van der Waals surface area contributed by atoms with Crippen molar-refractivity contribution in [2.45, 2.75) is 12.3 Å². The Labute approximate surface area is 86.8 Å². The quantitative estimate of drug-likeness (QED) is 0.547. The lowest BCUT2D eigenvalue weighted by atomic mass is 10.1. The van der Waals surface area contributed by atoms with Crippen LogP contribution < -0.4 is 0 Å². The monoisotopic (exact) mass is 209 g/mol. The van der Waals surface area contributed by atoms with Gasteiger partial charge in [-0.05, 0) is 18.6 Å². The molecule has 1 aromatic rings. The van der Waals surface area contributed by atoms with Gasteiger partial charge >= 0.3 is 5.91 Å². The van der Waals surface area contributed by atoms with Crippen LogP contribution >= 0.6 is 0 Å². The number of benzene rings is 1. The molecule has 2 rings (SSSR count). The van der Waals surface area contributed by atoms with Gasteiger partial charge in [0.15, 0.2) is 0 Å². The van der Waals surface area contributed by atoms with E-state index in [1.165, 1.54) is 0 Å². The fourth-order valence-electron chi connectivity index (χ4n) is 1.55. The zero-order chi connectivity index (χ0) is 10.7. The molecule has 0 saturated carbocycles. The summed E-state index contributed by atoms with van der Waals surface area (Å²) in [7, 11) is 0. The predicted octanol–water partition coefficient (Wildman–Crippen LogP) is 1.51. The van der Waals surface area contributed by atoms with E-state index in [1.807, 2.05) is 0 Å². The molecule has 0 bridgehead atoms. The van der Waals surface area contributed by atoms with Crippen molar-refractivity contribution in [2.24, 2.45) is 0 Å². The number of nitrogens with zero attached hydrogens (tertiary/aromatic N) is 1. The molecule has 15 heavy (non-hydrogen) atoms. The fraction of sp³-hybridized carbons (Fsp3) is 0.400. The first kappa shape index (κ1) is 10.1. The Morgan fingerprint density at radius 1 is 1.20 bits per heavy atom. The molecule has 1 aliphatic rings. The summed E-state index contributed by atoms with van der Waals surface area (Å²) >= 11 is 0. The first-order chi connectivity index (χ1) is 7.26. The topological polar surface area (TPSA) is 61.6 Å². The molecule has 5 heteroatoms. The van der Waals surface area contributed by atoms with Crippen molar-refractivity contribution >= 4 is 0 Å². The van der Waals surface area contributed by atoms with Crippen LogP contribution in [0.2, 0.25) is 0 Å². The zero-order valence-electron chi connectivity index (χ0n) is 8.09. The summed E-state index contributed by atoms with van der Waals surface area (Å²) in [6.07, 6.45) is 0.683.